The van der Waals surface area contributed by atoms with E-state index in [1.165, 1.54) is 4.68 Å². The fourth-order valence-electron chi connectivity index (χ4n) is 3.32. The zero-order valence-electron chi connectivity index (χ0n) is 17.0. The van der Waals surface area contributed by atoms with Crippen LogP contribution in [-0.4, -0.2) is 21.5 Å². The second-order valence-electron chi connectivity index (χ2n) is 7.01. The van der Waals surface area contributed by atoms with Crippen LogP contribution in [-0.2, 0) is 0 Å². The van der Waals surface area contributed by atoms with Crippen LogP contribution in [0.15, 0.2) is 88.7 Å². The third kappa shape index (κ3) is 4.33. The number of benzene rings is 3. The van der Waals surface area contributed by atoms with Crippen molar-refractivity contribution in [3.8, 4) is 0 Å². The lowest BCUT2D eigenvalue weighted by Crippen LogP contribution is -2.19. The summed E-state index contributed by atoms with van der Waals surface area (Å²) in [7, 11) is 0. The first kappa shape index (κ1) is 21.1. The molecule has 0 unspecified atom stereocenters. The topological polar surface area (TPSA) is 52.0 Å². The monoisotopic (exact) mass is 446 g/mol. The summed E-state index contributed by atoms with van der Waals surface area (Å²) in [6.45, 7) is 3.75. The van der Waals surface area contributed by atoms with E-state index in [4.69, 9.17) is 11.6 Å². The zero-order chi connectivity index (χ0) is 22.0. The highest BCUT2D eigenvalue weighted by Gasteiger charge is 2.23. The van der Waals surface area contributed by atoms with E-state index in [1.54, 1.807) is 60.3 Å². The van der Waals surface area contributed by atoms with Crippen LogP contribution in [0, 0.1) is 13.8 Å². The molecule has 0 fully saturated rings. The molecule has 31 heavy (non-hydrogen) atoms. The van der Waals surface area contributed by atoms with Gasteiger partial charge in [0.1, 0.15) is 0 Å². The van der Waals surface area contributed by atoms with Gasteiger partial charge < -0.3 is 0 Å². The molecule has 0 saturated carbocycles. The fraction of sp³-hybridized carbons (Fsp3) is 0.0800. The van der Waals surface area contributed by atoms with Crippen molar-refractivity contribution in [3.63, 3.8) is 0 Å². The Hall–Kier alpha value is -3.15. The Balaban J connectivity index is 1.70. The van der Waals surface area contributed by atoms with Crippen LogP contribution in [0.25, 0.3) is 0 Å². The predicted octanol–water partition coefficient (Wildman–Crippen LogP) is 6.22. The van der Waals surface area contributed by atoms with E-state index < -0.39 is 0 Å². The van der Waals surface area contributed by atoms with E-state index in [2.05, 4.69) is 5.10 Å². The molecule has 4 aromatic rings. The Morgan fingerprint density at radius 1 is 0.839 bits per heavy atom. The summed E-state index contributed by atoms with van der Waals surface area (Å²) in [6, 6.07) is 23.4. The van der Waals surface area contributed by atoms with Gasteiger partial charge in [-0.1, -0.05) is 59.8 Å². The largest absolute Gasteiger partial charge is 0.289 e. The molecule has 4 nitrogen and oxygen atoms in total. The van der Waals surface area contributed by atoms with Gasteiger partial charge in [0.25, 0.3) is 5.91 Å². The van der Waals surface area contributed by atoms with Crippen molar-refractivity contribution in [3.05, 3.63) is 112 Å². The van der Waals surface area contributed by atoms with Gasteiger partial charge in [-0.2, -0.15) is 9.78 Å². The molecule has 0 saturated heterocycles. The lowest BCUT2D eigenvalue weighted by atomic mass is 9.98. The van der Waals surface area contributed by atoms with E-state index in [0.29, 0.717) is 21.7 Å². The number of halogens is 1. The van der Waals surface area contributed by atoms with Crippen molar-refractivity contribution in [1.82, 2.24) is 9.78 Å². The molecule has 6 heteroatoms. The summed E-state index contributed by atoms with van der Waals surface area (Å²) >= 11 is 7.51. The second-order valence-corrected chi connectivity index (χ2v) is 8.53. The van der Waals surface area contributed by atoms with Gasteiger partial charge in [-0.15, -0.1) is 0 Å². The van der Waals surface area contributed by atoms with Gasteiger partial charge >= 0.3 is 0 Å². The lowest BCUT2D eigenvalue weighted by Gasteiger charge is -2.09. The molecule has 154 valence electrons. The number of aromatic nitrogens is 2. The first-order valence-corrected chi connectivity index (χ1v) is 10.9. The minimum absolute atomic E-state index is 0.235. The van der Waals surface area contributed by atoms with Crippen molar-refractivity contribution in [2.45, 2.75) is 23.6 Å². The van der Waals surface area contributed by atoms with Gasteiger partial charge in [-0.25, -0.2) is 0 Å². The number of carbonyl (C=O) groups is 2. The normalized spacial score (nSPS) is 10.8. The number of ketones is 1. The van der Waals surface area contributed by atoms with Gasteiger partial charge in [0.15, 0.2) is 5.78 Å². The van der Waals surface area contributed by atoms with Gasteiger partial charge in [-0.3, -0.25) is 9.59 Å². The minimum atomic E-state index is -0.335. The van der Waals surface area contributed by atoms with Crippen LogP contribution in [0.2, 0.25) is 5.02 Å². The van der Waals surface area contributed by atoms with Gasteiger partial charge in [-0.05, 0) is 56.3 Å². The summed E-state index contributed by atoms with van der Waals surface area (Å²) in [5, 5.41) is 5.03. The smallest absolute Gasteiger partial charge is 0.279 e. The number of carbonyl (C=O) groups excluding carboxylic acids is 2. The van der Waals surface area contributed by atoms with Crippen molar-refractivity contribution in [1.29, 1.82) is 0 Å². The number of hydrogen-bond donors (Lipinski definition) is 0. The van der Waals surface area contributed by atoms with Crippen molar-refractivity contribution < 1.29 is 9.59 Å². The van der Waals surface area contributed by atoms with Crippen molar-refractivity contribution in [2.75, 3.05) is 0 Å². The Morgan fingerprint density at radius 2 is 1.45 bits per heavy atom. The molecule has 0 aliphatic rings. The lowest BCUT2D eigenvalue weighted by molar-refractivity contribution is 0.0931. The standard InChI is InChI=1S/C25H19ClN2O2S/c1-16-24(31-20-8-4-3-5-9-20)17(2)28(27-16)25(30)22-11-7-6-10-21(22)23(29)18-12-14-19(26)15-13-18/h3-15H,1-2H3. The zero-order valence-corrected chi connectivity index (χ0v) is 18.6. The van der Waals surface area contributed by atoms with Crippen LogP contribution in [0.3, 0.4) is 0 Å². The molecular formula is C25H19ClN2O2S. The van der Waals surface area contributed by atoms with Gasteiger partial charge in [0.2, 0.25) is 0 Å². The molecule has 0 spiro atoms. The first-order valence-electron chi connectivity index (χ1n) is 9.69. The second kappa shape index (κ2) is 8.92. The highest BCUT2D eigenvalue weighted by atomic mass is 35.5. The number of nitrogens with zero attached hydrogens (tertiary/aromatic N) is 2. The van der Waals surface area contributed by atoms with Gasteiger partial charge in [0.05, 0.1) is 21.8 Å². The maximum absolute atomic E-state index is 13.4. The molecule has 1 heterocycles. The molecular weight excluding hydrogens is 428 g/mol. The number of hydrogen-bond acceptors (Lipinski definition) is 4. The number of rotatable bonds is 5. The first-order chi connectivity index (χ1) is 15.0. The molecule has 0 amide bonds. The third-order valence-corrected chi connectivity index (χ3v) is 6.44. The summed E-state index contributed by atoms with van der Waals surface area (Å²) in [6.07, 6.45) is 0. The molecule has 0 bridgehead atoms. The van der Waals surface area contributed by atoms with Crippen molar-refractivity contribution >= 4 is 35.1 Å². The maximum Gasteiger partial charge on any atom is 0.279 e. The SMILES string of the molecule is Cc1nn(C(=O)c2ccccc2C(=O)c2ccc(Cl)cc2)c(C)c1Sc1ccccc1. The van der Waals surface area contributed by atoms with E-state index in [-0.39, 0.29) is 11.7 Å². The summed E-state index contributed by atoms with van der Waals surface area (Å²) in [5.74, 6) is -0.570. The molecule has 4 rings (SSSR count). The predicted molar refractivity (Wildman–Crippen MR) is 123 cm³/mol. The average Bonchev–Trinajstić information content (AvgIpc) is 3.07. The average molecular weight is 447 g/mol. The molecule has 0 N–H and O–H groups in total. The number of aryl methyl sites for hydroxylation is 1. The third-order valence-electron chi connectivity index (χ3n) is 4.89. The summed E-state index contributed by atoms with van der Waals surface area (Å²) in [4.78, 5) is 28.5. The van der Waals surface area contributed by atoms with Crippen LogP contribution < -0.4 is 0 Å². The highest BCUT2D eigenvalue weighted by molar-refractivity contribution is 7.99. The molecule has 0 atom stereocenters. The summed E-state index contributed by atoms with van der Waals surface area (Å²) in [5.41, 5.74) is 2.62. The fourth-order valence-corrected chi connectivity index (χ4v) is 4.40. The quantitative estimate of drug-likeness (QED) is 0.341. The Bertz CT molecular complexity index is 1260. The van der Waals surface area contributed by atoms with Crippen LogP contribution in [0.1, 0.15) is 37.7 Å². The summed E-state index contributed by atoms with van der Waals surface area (Å²) < 4.78 is 1.38. The molecule has 3 aromatic carbocycles. The minimum Gasteiger partial charge on any atom is -0.289 e. The van der Waals surface area contributed by atoms with E-state index in [1.807, 2.05) is 44.2 Å². The molecule has 0 aliphatic carbocycles. The Labute approximate surface area is 189 Å². The van der Waals surface area contributed by atoms with Crippen LogP contribution in [0.4, 0.5) is 0 Å². The maximum atomic E-state index is 13.4. The van der Waals surface area contributed by atoms with E-state index in [9.17, 15) is 9.59 Å². The van der Waals surface area contributed by atoms with Crippen molar-refractivity contribution in [2.24, 2.45) is 0 Å². The van der Waals surface area contributed by atoms with E-state index in [0.717, 1.165) is 21.2 Å². The van der Waals surface area contributed by atoms with Crippen LogP contribution >= 0.6 is 23.4 Å². The molecule has 1 aromatic heterocycles. The van der Waals surface area contributed by atoms with Gasteiger partial charge in [0, 0.05) is 21.0 Å². The van der Waals surface area contributed by atoms with Crippen LogP contribution in [0.5, 0.6) is 0 Å². The van der Waals surface area contributed by atoms with E-state index >= 15 is 0 Å². The molecule has 0 aliphatic heterocycles. The Morgan fingerprint density at radius 3 is 2.13 bits per heavy atom. The Kier molecular flexibility index (Phi) is 6.07. The molecule has 0 radical (unpaired) electrons. The highest BCUT2D eigenvalue weighted by Crippen LogP contribution is 2.33.